The monoisotopic (exact) mass is 252 g/mol. The number of aryl methyl sites for hydroxylation is 1. The summed E-state index contributed by atoms with van der Waals surface area (Å²) in [4.78, 5) is 4.44. The predicted octanol–water partition coefficient (Wildman–Crippen LogP) is 2.69. The molecule has 0 aliphatic rings. The lowest BCUT2D eigenvalue weighted by Crippen LogP contribution is -2.13. The molecule has 17 heavy (non-hydrogen) atoms. The second-order valence-corrected chi connectivity index (χ2v) is 5.88. The first kappa shape index (κ1) is 12.2. The molecule has 0 aliphatic carbocycles. The molecule has 92 valence electrons. The third kappa shape index (κ3) is 3.09. The highest BCUT2D eigenvalue weighted by molar-refractivity contribution is 7.98. The maximum absolute atomic E-state index is 5.00. The predicted molar refractivity (Wildman–Crippen MR) is 65.9 cm³/mol. The van der Waals surface area contributed by atoms with Crippen LogP contribution >= 0.6 is 11.8 Å². The van der Waals surface area contributed by atoms with Crippen molar-refractivity contribution < 1.29 is 4.52 Å². The van der Waals surface area contributed by atoms with E-state index in [9.17, 15) is 0 Å². The van der Waals surface area contributed by atoms with Gasteiger partial charge in [-0.2, -0.15) is 0 Å². The van der Waals surface area contributed by atoms with Crippen molar-refractivity contribution in [2.24, 2.45) is 0 Å². The van der Waals surface area contributed by atoms with Crippen LogP contribution in [0.1, 0.15) is 38.0 Å². The second kappa shape index (κ2) is 4.52. The first-order chi connectivity index (χ1) is 7.95. The Morgan fingerprint density at radius 1 is 1.41 bits per heavy atom. The lowest BCUT2D eigenvalue weighted by atomic mass is 9.96. The third-order valence-corrected chi connectivity index (χ3v) is 3.08. The van der Waals surface area contributed by atoms with Crippen LogP contribution in [0.25, 0.3) is 0 Å². The van der Waals surface area contributed by atoms with Gasteiger partial charge in [-0.15, -0.1) is 5.10 Å². The Morgan fingerprint density at radius 3 is 2.71 bits per heavy atom. The number of nitrogens with zero attached hydrogens (tertiary/aromatic N) is 3. The van der Waals surface area contributed by atoms with Gasteiger partial charge in [-0.05, 0) is 6.92 Å². The van der Waals surface area contributed by atoms with Crippen LogP contribution < -0.4 is 0 Å². The molecule has 0 aliphatic heterocycles. The van der Waals surface area contributed by atoms with Crippen LogP contribution in [0.15, 0.2) is 15.7 Å². The van der Waals surface area contributed by atoms with Gasteiger partial charge in [0.25, 0.3) is 0 Å². The molecule has 1 N–H and O–H groups in total. The Morgan fingerprint density at radius 2 is 2.18 bits per heavy atom. The number of thioether (sulfide) groups is 1. The first-order valence-electron chi connectivity index (χ1n) is 5.43. The van der Waals surface area contributed by atoms with Crippen molar-refractivity contribution in [3.05, 3.63) is 23.3 Å². The summed E-state index contributed by atoms with van der Waals surface area (Å²) in [5.41, 5.74) is 0.908. The maximum Gasteiger partial charge on any atom is 0.208 e. The van der Waals surface area contributed by atoms with E-state index in [0.717, 1.165) is 28.2 Å². The highest BCUT2D eigenvalue weighted by Crippen LogP contribution is 2.23. The van der Waals surface area contributed by atoms with Crippen LogP contribution in [0, 0.1) is 6.92 Å². The summed E-state index contributed by atoms with van der Waals surface area (Å²) in [6.07, 6.45) is 0. The van der Waals surface area contributed by atoms with Gasteiger partial charge < -0.3 is 4.52 Å². The molecular formula is C11H16N4OS. The minimum Gasteiger partial charge on any atom is -0.361 e. The number of nitrogens with one attached hydrogen (secondary N) is 1. The summed E-state index contributed by atoms with van der Waals surface area (Å²) in [6.45, 7) is 8.18. The molecular weight excluding hydrogens is 236 g/mol. The average molecular weight is 252 g/mol. The fourth-order valence-corrected chi connectivity index (χ4v) is 1.95. The molecule has 2 heterocycles. The van der Waals surface area contributed by atoms with Crippen LogP contribution in [0.4, 0.5) is 0 Å². The van der Waals surface area contributed by atoms with E-state index in [4.69, 9.17) is 4.52 Å². The van der Waals surface area contributed by atoms with Crippen molar-refractivity contribution in [1.29, 1.82) is 0 Å². The Hall–Kier alpha value is -1.30. The second-order valence-electron chi connectivity index (χ2n) is 4.93. The van der Waals surface area contributed by atoms with Crippen molar-refractivity contribution in [3.63, 3.8) is 0 Å². The molecule has 0 saturated carbocycles. The quantitative estimate of drug-likeness (QED) is 0.851. The van der Waals surface area contributed by atoms with Crippen LogP contribution in [0.3, 0.4) is 0 Å². The SMILES string of the molecule is Cc1cc(CSc2n[nH]c(C(C)(C)C)n2)no1. The average Bonchev–Trinajstić information content (AvgIpc) is 2.82. The highest BCUT2D eigenvalue weighted by atomic mass is 32.2. The number of aromatic nitrogens is 4. The molecule has 0 fully saturated rings. The number of aromatic amines is 1. The summed E-state index contributed by atoms with van der Waals surface area (Å²) in [7, 11) is 0. The number of H-pyrrole nitrogens is 1. The van der Waals surface area contributed by atoms with Gasteiger partial charge in [-0.3, -0.25) is 5.10 Å². The largest absolute Gasteiger partial charge is 0.361 e. The Kier molecular flexibility index (Phi) is 3.24. The summed E-state index contributed by atoms with van der Waals surface area (Å²) >= 11 is 1.55. The molecule has 0 bridgehead atoms. The summed E-state index contributed by atoms with van der Waals surface area (Å²) in [5.74, 6) is 2.45. The first-order valence-corrected chi connectivity index (χ1v) is 6.41. The van der Waals surface area contributed by atoms with Gasteiger partial charge in [-0.1, -0.05) is 37.7 Å². The molecule has 6 heteroatoms. The molecule has 5 nitrogen and oxygen atoms in total. The minimum absolute atomic E-state index is 0.00368. The number of rotatable bonds is 3. The van der Waals surface area contributed by atoms with Crippen molar-refractivity contribution in [2.45, 2.75) is 44.0 Å². The molecule has 2 aromatic heterocycles. The highest BCUT2D eigenvalue weighted by Gasteiger charge is 2.18. The van der Waals surface area contributed by atoms with Gasteiger partial charge in [0, 0.05) is 17.2 Å². The standard InChI is InChI=1S/C11H16N4OS/c1-7-5-8(15-16-7)6-17-10-12-9(13-14-10)11(2,3)4/h5H,6H2,1-4H3,(H,12,13,14). The van der Waals surface area contributed by atoms with E-state index in [1.807, 2.05) is 13.0 Å². The number of hydrogen-bond acceptors (Lipinski definition) is 5. The van der Waals surface area contributed by atoms with Crippen molar-refractivity contribution >= 4 is 11.8 Å². The van der Waals surface area contributed by atoms with Crippen LogP contribution in [0.2, 0.25) is 0 Å². The molecule has 0 unspecified atom stereocenters. The summed E-state index contributed by atoms with van der Waals surface area (Å²) < 4.78 is 5.00. The molecule has 0 aromatic carbocycles. The molecule has 0 saturated heterocycles. The van der Waals surface area contributed by atoms with Crippen molar-refractivity contribution in [1.82, 2.24) is 20.3 Å². The molecule has 0 spiro atoms. The zero-order valence-electron chi connectivity index (χ0n) is 10.4. The van der Waals surface area contributed by atoms with Gasteiger partial charge in [0.1, 0.15) is 11.6 Å². The van der Waals surface area contributed by atoms with Crippen molar-refractivity contribution in [3.8, 4) is 0 Å². The number of hydrogen-bond donors (Lipinski definition) is 1. The van der Waals surface area contributed by atoms with E-state index >= 15 is 0 Å². The lowest BCUT2D eigenvalue weighted by Gasteiger charge is -2.12. The van der Waals surface area contributed by atoms with Gasteiger partial charge in [0.15, 0.2) is 0 Å². The van der Waals surface area contributed by atoms with Gasteiger partial charge in [0.2, 0.25) is 5.16 Å². The molecule has 0 radical (unpaired) electrons. The molecule has 0 atom stereocenters. The Bertz CT molecular complexity index is 498. The summed E-state index contributed by atoms with van der Waals surface area (Å²) in [5, 5.41) is 11.8. The topological polar surface area (TPSA) is 67.6 Å². The zero-order chi connectivity index (χ0) is 12.5. The van der Waals surface area contributed by atoms with Gasteiger partial charge in [0.05, 0.1) is 5.69 Å². The Labute approximate surface area is 104 Å². The molecule has 0 amide bonds. The van der Waals surface area contributed by atoms with E-state index in [1.54, 1.807) is 11.8 Å². The van der Waals surface area contributed by atoms with Crippen LogP contribution in [-0.4, -0.2) is 20.3 Å². The Balaban J connectivity index is 1.98. The fraction of sp³-hybridized carbons (Fsp3) is 0.545. The maximum atomic E-state index is 5.00. The van der Waals surface area contributed by atoms with Gasteiger partial charge >= 0.3 is 0 Å². The van der Waals surface area contributed by atoms with E-state index in [-0.39, 0.29) is 5.41 Å². The minimum atomic E-state index is -0.00368. The lowest BCUT2D eigenvalue weighted by molar-refractivity contribution is 0.393. The zero-order valence-corrected chi connectivity index (χ0v) is 11.3. The van der Waals surface area contributed by atoms with E-state index in [1.165, 1.54) is 0 Å². The van der Waals surface area contributed by atoms with Crippen LogP contribution in [0.5, 0.6) is 0 Å². The van der Waals surface area contributed by atoms with Crippen LogP contribution in [-0.2, 0) is 11.2 Å². The molecule has 2 aromatic rings. The van der Waals surface area contributed by atoms with E-state index in [2.05, 4.69) is 41.1 Å². The van der Waals surface area contributed by atoms with E-state index < -0.39 is 0 Å². The normalized spacial score (nSPS) is 12.0. The van der Waals surface area contributed by atoms with Gasteiger partial charge in [-0.25, -0.2) is 4.98 Å². The van der Waals surface area contributed by atoms with Crippen molar-refractivity contribution in [2.75, 3.05) is 0 Å². The molecule has 2 rings (SSSR count). The third-order valence-electron chi connectivity index (χ3n) is 2.20. The van der Waals surface area contributed by atoms with E-state index in [0.29, 0.717) is 0 Å². The summed E-state index contributed by atoms with van der Waals surface area (Å²) in [6, 6.07) is 1.92. The smallest absolute Gasteiger partial charge is 0.208 e. The fourth-order valence-electron chi connectivity index (χ4n) is 1.27.